The molecule has 0 bridgehead atoms. The van der Waals surface area contributed by atoms with Gasteiger partial charge in [0.2, 0.25) is 12.2 Å². The van der Waals surface area contributed by atoms with Crippen LogP contribution >= 0.6 is 0 Å². The summed E-state index contributed by atoms with van der Waals surface area (Å²) in [6.45, 7) is -0.0942. The van der Waals surface area contributed by atoms with Crippen LogP contribution < -0.4 is 14.8 Å². The lowest BCUT2D eigenvalue weighted by Crippen LogP contribution is -2.50. The van der Waals surface area contributed by atoms with E-state index in [-0.39, 0.29) is 17.7 Å². The van der Waals surface area contributed by atoms with Crippen molar-refractivity contribution in [2.24, 2.45) is 0 Å². The highest BCUT2D eigenvalue weighted by atomic mass is 16.6. The van der Waals surface area contributed by atoms with Crippen molar-refractivity contribution in [1.82, 2.24) is 10.3 Å². The fraction of sp³-hybridized carbons (Fsp3) is 0.192. The molecule has 3 rings (SSSR count). The Morgan fingerprint density at radius 3 is 1.86 bits per heavy atom. The first kappa shape index (κ1) is 26.7. The van der Waals surface area contributed by atoms with Crippen LogP contribution in [0.4, 0.5) is 0 Å². The van der Waals surface area contributed by atoms with Crippen molar-refractivity contribution in [3.63, 3.8) is 0 Å². The van der Waals surface area contributed by atoms with Gasteiger partial charge in [-0.1, -0.05) is 18.2 Å². The average molecular weight is 508 g/mol. The summed E-state index contributed by atoms with van der Waals surface area (Å²) in [6, 6.07) is 16.7. The summed E-state index contributed by atoms with van der Waals surface area (Å²) in [6.07, 6.45) is -2.69. The van der Waals surface area contributed by atoms with Gasteiger partial charge in [-0.25, -0.2) is 14.4 Å². The second kappa shape index (κ2) is 12.7. The van der Waals surface area contributed by atoms with E-state index in [1.807, 2.05) is 0 Å². The molecule has 0 saturated heterocycles. The highest BCUT2D eigenvalue weighted by Gasteiger charge is 2.41. The van der Waals surface area contributed by atoms with Crippen LogP contribution in [-0.2, 0) is 25.6 Å². The Kier molecular flexibility index (Phi) is 9.14. The zero-order valence-electron chi connectivity index (χ0n) is 20.0. The quantitative estimate of drug-likeness (QED) is 0.369. The normalized spacial score (nSPS) is 11.9. The van der Waals surface area contributed by atoms with Crippen LogP contribution in [0.3, 0.4) is 0 Å². The number of methoxy groups -OCH3 is 2. The predicted octanol–water partition coefficient (Wildman–Crippen LogP) is 2.25. The van der Waals surface area contributed by atoms with Gasteiger partial charge >= 0.3 is 17.9 Å². The molecule has 0 aliphatic heterocycles. The maximum absolute atomic E-state index is 13.1. The number of nitrogens with zero attached hydrogens (tertiary/aromatic N) is 1. The first-order valence-corrected chi connectivity index (χ1v) is 10.9. The summed E-state index contributed by atoms with van der Waals surface area (Å²) in [7, 11) is 2.79. The number of nitrogens with one attached hydrogen (secondary N) is 1. The summed E-state index contributed by atoms with van der Waals surface area (Å²) < 4.78 is 20.6. The van der Waals surface area contributed by atoms with Gasteiger partial charge in [-0.3, -0.25) is 9.78 Å². The minimum atomic E-state index is -2.17. The number of benzene rings is 2. The monoisotopic (exact) mass is 508 g/mol. The van der Waals surface area contributed by atoms with Crippen molar-refractivity contribution in [3.05, 3.63) is 89.7 Å². The third kappa shape index (κ3) is 7.28. The molecule has 1 heterocycles. The van der Waals surface area contributed by atoms with E-state index in [1.54, 1.807) is 30.3 Å². The number of carbonyl (C=O) groups excluding carboxylic acids is 3. The number of aromatic nitrogens is 1. The Labute approximate surface area is 211 Å². The molecule has 11 heteroatoms. The second-order valence-electron chi connectivity index (χ2n) is 7.49. The Morgan fingerprint density at radius 2 is 1.38 bits per heavy atom. The van der Waals surface area contributed by atoms with Crippen LogP contribution in [0.1, 0.15) is 26.4 Å². The molecule has 0 unspecified atom stereocenters. The van der Waals surface area contributed by atoms with E-state index in [1.165, 1.54) is 56.8 Å². The fourth-order valence-electron chi connectivity index (χ4n) is 3.14. The van der Waals surface area contributed by atoms with Crippen LogP contribution in [0.2, 0.25) is 0 Å². The molecule has 0 fully saturated rings. The van der Waals surface area contributed by atoms with Crippen LogP contribution in [0.15, 0.2) is 72.9 Å². The van der Waals surface area contributed by atoms with Gasteiger partial charge in [0.15, 0.2) is 0 Å². The molecule has 37 heavy (non-hydrogen) atoms. The molecular weight excluding hydrogens is 484 g/mol. The molecule has 2 N–H and O–H groups in total. The van der Waals surface area contributed by atoms with Crippen molar-refractivity contribution in [2.75, 3.05) is 14.2 Å². The molecule has 2 atom stereocenters. The molecule has 0 aliphatic rings. The molecule has 192 valence electrons. The third-order valence-corrected chi connectivity index (χ3v) is 5.03. The van der Waals surface area contributed by atoms with Crippen molar-refractivity contribution >= 4 is 23.8 Å². The number of ether oxygens (including phenoxy) is 4. The first-order valence-electron chi connectivity index (χ1n) is 10.9. The number of carboxylic acid groups (broad SMARTS) is 1. The number of hydrogen-bond donors (Lipinski definition) is 2. The molecular formula is C26H24N2O9. The number of amides is 1. The number of carboxylic acids is 1. The number of esters is 2. The minimum absolute atomic E-state index is 0.00913. The lowest BCUT2D eigenvalue weighted by Gasteiger charge is -2.23. The maximum Gasteiger partial charge on any atom is 0.349 e. The Hall–Kier alpha value is -4.93. The molecule has 1 amide bonds. The number of aliphatic carboxylic acids is 1. The van der Waals surface area contributed by atoms with E-state index in [9.17, 15) is 24.3 Å². The summed E-state index contributed by atoms with van der Waals surface area (Å²) in [4.78, 5) is 54.8. The van der Waals surface area contributed by atoms with Gasteiger partial charge in [-0.15, -0.1) is 0 Å². The van der Waals surface area contributed by atoms with Gasteiger partial charge < -0.3 is 29.4 Å². The molecule has 0 saturated carbocycles. The topological polar surface area (TPSA) is 150 Å². The summed E-state index contributed by atoms with van der Waals surface area (Å²) >= 11 is 0. The third-order valence-electron chi connectivity index (χ3n) is 5.03. The van der Waals surface area contributed by atoms with E-state index in [0.29, 0.717) is 17.2 Å². The molecule has 1 aromatic heterocycles. The summed E-state index contributed by atoms with van der Waals surface area (Å²) in [5.41, 5.74) is 0.427. The average Bonchev–Trinajstić information content (AvgIpc) is 2.93. The summed E-state index contributed by atoms with van der Waals surface area (Å²) in [5, 5.41) is 12.3. The number of carbonyl (C=O) groups is 4. The van der Waals surface area contributed by atoms with Gasteiger partial charge in [0.25, 0.3) is 5.91 Å². The van der Waals surface area contributed by atoms with Crippen LogP contribution in [-0.4, -0.2) is 60.3 Å². The van der Waals surface area contributed by atoms with Crippen molar-refractivity contribution < 1.29 is 43.2 Å². The minimum Gasteiger partial charge on any atom is -0.497 e. The lowest BCUT2D eigenvalue weighted by atomic mass is 10.1. The van der Waals surface area contributed by atoms with Gasteiger partial charge in [0.05, 0.1) is 37.6 Å². The zero-order chi connectivity index (χ0) is 26.8. The molecule has 3 aromatic rings. The SMILES string of the molecule is COc1cccc(C(=O)O[C@H](C(=O)O)[C@H](OC(=O)c2cccc(OC)c2)C(=O)NCc2ccccn2)c1. The van der Waals surface area contributed by atoms with E-state index in [4.69, 9.17) is 18.9 Å². The summed E-state index contributed by atoms with van der Waals surface area (Å²) in [5.74, 6) is -4.13. The predicted molar refractivity (Wildman–Crippen MR) is 128 cm³/mol. The first-order chi connectivity index (χ1) is 17.8. The highest BCUT2D eigenvalue weighted by molar-refractivity contribution is 5.97. The lowest BCUT2D eigenvalue weighted by molar-refractivity contribution is -0.159. The number of pyridine rings is 1. The highest BCUT2D eigenvalue weighted by Crippen LogP contribution is 2.18. The molecule has 0 aliphatic carbocycles. The Balaban J connectivity index is 1.87. The molecule has 0 spiro atoms. The van der Waals surface area contributed by atoms with Crippen molar-refractivity contribution in [3.8, 4) is 11.5 Å². The van der Waals surface area contributed by atoms with Gasteiger partial charge in [0.1, 0.15) is 11.5 Å². The number of hydrogen-bond acceptors (Lipinski definition) is 9. The van der Waals surface area contributed by atoms with E-state index >= 15 is 0 Å². The Bertz CT molecular complexity index is 1260. The van der Waals surface area contributed by atoms with E-state index < -0.39 is 36.0 Å². The Morgan fingerprint density at radius 1 is 0.811 bits per heavy atom. The second-order valence-corrected chi connectivity index (χ2v) is 7.49. The van der Waals surface area contributed by atoms with Crippen LogP contribution in [0.5, 0.6) is 11.5 Å². The van der Waals surface area contributed by atoms with Gasteiger partial charge in [-0.05, 0) is 48.5 Å². The van der Waals surface area contributed by atoms with Gasteiger partial charge in [-0.2, -0.15) is 0 Å². The maximum atomic E-state index is 13.1. The van der Waals surface area contributed by atoms with Crippen molar-refractivity contribution in [2.45, 2.75) is 18.8 Å². The van der Waals surface area contributed by atoms with E-state index in [0.717, 1.165) is 0 Å². The fourth-order valence-corrected chi connectivity index (χ4v) is 3.14. The molecule has 2 aromatic carbocycles. The van der Waals surface area contributed by atoms with Crippen molar-refractivity contribution in [1.29, 1.82) is 0 Å². The van der Waals surface area contributed by atoms with Gasteiger partial charge in [0, 0.05) is 6.20 Å². The van der Waals surface area contributed by atoms with Crippen LogP contribution in [0, 0.1) is 0 Å². The zero-order valence-corrected chi connectivity index (χ0v) is 20.0. The van der Waals surface area contributed by atoms with Crippen LogP contribution in [0.25, 0.3) is 0 Å². The molecule has 0 radical (unpaired) electrons. The standard InChI is InChI=1S/C26H24N2O9/c1-34-19-10-5-7-16(13-19)25(32)36-21(23(29)28-15-18-9-3-4-12-27-18)22(24(30)31)37-26(33)17-8-6-11-20(14-17)35-2/h3-14,21-22H,15H2,1-2H3,(H,28,29)(H,30,31)/t21-,22-/m0/s1. The smallest absolute Gasteiger partial charge is 0.349 e. The number of rotatable bonds is 11. The molecule has 11 nitrogen and oxygen atoms in total. The largest absolute Gasteiger partial charge is 0.497 e. The van der Waals surface area contributed by atoms with E-state index in [2.05, 4.69) is 10.3 Å².